The molecule has 1 unspecified atom stereocenters. The van der Waals surface area contributed by atoms with Crippen LogP contribution in [0.1, 0.15) is 16.5 Å². The van der Waals surface area contributed by atoms with Gasteiger partial charge in [0, 0.05) is 27.2 Å². The molecule has 1 heterocycles. The maximum absolute atomic E-state index is 13.5. The first-order chi connectivity index (χ1) is 8.61. The molecule has 0 aliphatic rings. The van der Waals surface area contributed by atoms with E-state index in [0.29, 0.717) is 4.47 Å². The zero-order valence-corrected chi connectivity index (χ0v) is 13.7. The molecule has 1 N–H and O–H groups in total. The molecule has 2 aromatic rings. The van der Waals surface area contributed by atoms with E-state index in [1.807, 2.05) is 13.1 Å². The predicted molar refractivity (Wildman–Crippen MR) is 81.6 cm³/mol. The Balaban J connectivity index is 2.25. The SMILES string of the molecule is CNC(Cc1cc(Br)cs1)c1cccc(F)c1Br. The van der Waals surface area contributed by atoms with Gasteiger partial charge in [-0.25, -0.2) is 4.39 Å². The highest BCUT2D eigenvalue weighted by molar-refractivity contribution is 9.10. The average molecular weight is 393 g/mol. The molecule has 2 rings (SSSR count). The fraction of sp³-hybridized carbons (Fsp3) is 0.231. The van der Waals surface area contributed by atoms with Crippen LogP contribution in [0, 0.1) is 5.82 Å². The monoisotopic (exact) mass is 391 g/mol. The minimum Gasteiger partial charge on any atom is -0.313 e. The Labute approximate surface area is 127 Å². The van der Waals surface area contributed by atoms with Crippen LogP contribution >= 0.6 is 43.2 Å². The minimum atomic E-state index is -0.222. The van der Waals surface area contributed by atoms with Crippen LogP contribution in [0.25, 0.3) is 0 Å². The largest absolute Gasteiger partial charge is 0.313 e. The quantitative estimate of drug-likeness (QED) is 0.778. The fourth-order valence-electron chi connectivity index (χ4n) is 1.82. The molecular formula is C13H12Br2FNS. The van der Waals surface area contributed by atoms with Gasteiger partial charge < -0.3 is 5.32 Å². The standard InChI is InChI=1S/C13H12Br2FNS/c1-17-12(6-9-5-8(14)7-18-9)10-3-2-4-11(16)13(10)15/h2-5,7,12,17H,6H2,1H3. The molecule has 0 aliphatic carbocycles. The molecule has 18 heavy (non-hydrogen) atoms. The Hall–Kier alpha value is -0.230. The Bertz CT molecular complexity index is 542. The van der Waals surface area contributed by atoms with Crippen molar-refractivity contribution < 1.29 is 4.39 Å². The molecule has 1 nitrogen and oxygen atoms in total. The Kier molecular flexibility index (Phi) is 4.95. The van der Waals surface area contributed by atoms with Gasteiger partial charge in [-0.15, -0.1) is 11.3 Å². The van der Waals surface area contributed by atoms with Gasteiger partial charge in [-0.1, -0.05) is 12.1 Å². The molecule has 96 valence electrons. The molecule has 0 amide bonds. The van der Waals surface area contributed by atoms with Gasteiger partial charge >= 0.3 is 0 Å². The van der Waals surface area contributed by atoms with E-state index >= 15 is 0 Å². The summed E-state index contributed by atoms with van der Waals surface area (Å²) in [5, 5.41) is 5.30. The third-order valence-electron chi connectivity index (χ3n) is 2.73. The maximum Gasteiger partial charge on any atom is 0.137 e. The van der Waals surface area contributed by atoms with Crippen LogP contribution in [0.3, 0.4) is 0 Å². The van der Waals surface area contributed by atoms with E-state index in [9.17, 15) is 4.39 Å². The number of rotatable bonds is 4. The van der Waals surface area contributed by atoms with Crippen LogP contribution in [0.2, 0.25) is 0 Å². The molecule has 1 aromatic carbocycles. The van der Waals surface area contributed by atoms with Crippen LogP contribution in [0.15, 0.2) is 38.6 Å². The first kappa shape index (κ1) is 14.2. The van der Waals surface area contributed by atoms with Crippen molar-refractivity contribution in [2.24, 2.45) is 0 Å². The molecule has 0 aliphatic heterocycles. The molecule has 0 fully saturated rings. The van der Waals surface area contributed by atoms with Gasteiger partial charge in [0.15, 0.2) is 0 Å². The molecule has 0 saturated carbocycles. The van der Waals surface area contributed by atoms with Crippen LogP contribution < -0.4 is 5.32 Å². The Morgan fingerprint density at radius 1 is 1.39 bits per heavy atom. The number of hydrogen-bond donors (Lipinski definition) is 1. The molecule has 1 aromatic heterocycles. The Morgan fingerprint density at radius 2 is 2.17 bits per heavy atom. The van der Waals surface area contributed by atoms with Crippen molar-refractivity contribution in [3.8, 4) is 0 Å². The van der Waals surface area contributed by atoms with Gasteiger partial charge in [-0.2, -0.15) is 0 Å². The number of benzene rings is 1. The number of thiophene rings is 1. The topological polar surface area (TPSA) is 12.0 Å². The second-order valence-corrected chi connectivity index (χ2v) is 6.62. The van der Waals surface area contributed by atoms with Gasteiger partial charge in [0.1, 0.15) is 5.82 Å². The van der Waals surface area contributed by atoms with Crippen molar-refractivity contribution in [3.05, 3.63) is 54.8 Å². The number of nitrogens with one attached hydrogen (secondary N) is 1. The van der Waals surface area contributed by atoms with E-state index in [0.717, 1.165) is 16.5 Å². The van der Waals surface area contributed by atoms with Crippen LogP contribution in [-0.4, -0.2) is 7.05 Å². The summed E-state index contributed by atoms with van der Waals surface area (Å²) in [6.45, 7) is 0. The lowest BCUT2D eigenvalue weighted by molar-refractivity contribution is 0.574. The number of likely N-dealkylation sites (N-methyl/N-ethyl adjacent to an activating group) is 1. The van der Waals surface area contributed by atoms with Crippen LogP contribution in [-0.2, 0) is 6.42 Å². The lowest BCUT2D eigenvalue weighted by Gasteiger charge is -2.17. The number of halogens is 3. The minimum absolute atomic E-state index is 0.0978. The summed E-state index contributed by atoms with van der Waals surface area (Å²) in [5.41, 5.74) is 0.946. The van der Waals surface area contributed by atoms with Gasteiger partial charge in [0.05, 0.1) is 4.47 Å². The summed E-state index contributed by atoms with van der Waals surface area (Å²) in [6.07, 6.45) is 0.842. The molecule has 0 spiro atoms. The van der Waals surface area contributed by atoms with Gasteiger partial charge in [-0.05, 0) is 56.6 Å². The van der Waals surface area contributed by atoms with E-state index in [1.54, 1.807) is 17.4 Å². The lowest BCUT2D eigenvalue weighted by Crippen LogP contribution is -2.19. The van der Waals surface area contributed by atoms with Crippen molar-refractivity contribution >= 4 is 43.2 Å². The molecule has 0 bridgehead atoms. The van der Waals surface area contributed by atoms with Crippen LogP contribution in [0.5, 0.6) is 0 Å². The van der Waals surface area contributed by atoms with E-state index in [-0.39, 0.29) is 11.9 Å². The highest BCUT2D eigenvalue weighted by Gasteiger charge is 2.16. The normalized spacial score (nSPS) is 12.7. The van der Waals surface area contributed by atoms with Gasteiger partial charge in [-0.3, -0.25) is 0 Å². The first-order valence-corrected chi connectivity index (χ1v) is 7.92. The van der Waals surface area contributed by atoms with Crippen molar-refractivity contribution in [3.63, 3.8) is 0 Å². The van der Waals surface area contributed by atoms with Crippen molar-refractivity contribution in [2.45, 2.75) is 12.5 Å². The van der Waals surface area contributed by atoms with Crippen molar-refractivity contribution in [1.82, 2.24) is 5.32 Å². The van der Waals surface area contributed by atoms with Crippen molar-refractivity contribution in [2.75, 3.05) is 7.05 Å². The summed E-state index contributed by atoms with van der Waals surface area (Å²) in [5.74, 6) is -0.222. The molecular weight excluding hydrogens is 381 g/mol. The summed E-state index contributed by atoms with van der Waals surface area (Å²) in [4.78, 5) is 1.26. The average Bonchev–Trinajstić information content (AvgIpc) is 2.76. The second-order valence-electron chi connectivity index (χ2n) is 3.92. The highest BCUT2D eigenvalue weighted by Crippen LogP contribution is 2.30. The third-order valence-corrected chi connectivity index (χ3v) is 5.29. The molecule has 5 heteroatoms. The van der Waals surface area contributed by atoms with E-state index in [2.05, 4.69) is 48.6 Å². The number of hydrogen-bond acceptors (Lipinski definition) is 2. The fourth-order valence-corrected chi connectivity index (χ4v) is 3.86. The van der Waals surface area contributed by atoms with Crippen LogP contribution in [0.4, 0.5) is 4.39 Å². The van der Waals surface area contributed by atoms with E-state index in [1.165, 1.54) is 10.9 Å². The van der Waals surface area contributed by atoms with E-state index < -0.39 is 0 Å². The summed E-state index contributed by atoms with van der Waals surface area (Å²) in [7, 11) is 1.89. The highest BCUT2D eigenvalue weighted by atomic mass is 79.9. The maximum atomic E-state index is 13.5. The Morgan fingerprint density at radius 3 is 2.78 bits per heavy atom. The zero-order chi connectivity index (χ0) is 13.1. The lowest BCUT2D eigenvalue weighted by atomic mass is 10.0. The molecule has 1 atom stereocenters. The first-order valence-electron chi connectivity index (χ1n) is 5.46. The smallest absolute Gasteiger partial charge is 0.137 e. The van der Waals surface area contributed by atoms with Gasteiger partial charge in [0.2, 0.25) is 0 Å². The third kappa shape index (κ3) is 3.20. The van der Waals surface area contributed by atoms with Crippen molar-refractivity contribution in [1.29, 1.82) is 0 Å². The molecule has 0 radical (unpaired) electrons. The summed E-state index contributed by atoms with van der Waals surface area (Å²) >= 11 is 8.47. The predicted octanol–water partition coefficient (Wildman–Crippen LogP) is 4.92. The second kappa shape index (κ2) is 6.28. The molecule has 0 saturated heterocycles. The summed E-state index contributed by atoms with van der Waals surface area (Å²) in [6, 6.07) is 7.34. The zero-order valence-electron chi connectivity index (χ0n) is 9.71. The van der Waals surface area contributed by atoms with Gasteiger partial charge in [0.25, 0.3) is 0 Å². The van der Waals surface area contributed by atoms with E-state index in [4.69, 9.17) is 0 Å². The summed E-state index contributed by atoms with van der Waals surface area (Å²) < 4.78 is 15.2.